The summed E-state index contributed by atoms with van der Waals surface area (Å²) in [6.07, 6.45) is 5.34. The molecule has 1 aliphatic carbocycles. The largest absolute Gasteiger partial charge is 0.393 e. The number of benzene rings is 1. The lowest BCUT2D eigenvalue weighted by Crippen LogP contribution is -2.27. The van der Waals surface area contributed by atoms with E-state index in [4.69, 9.17) is 11.5 Å². The van der Waals surface area contributed by atoms with Gasteiger partial charge in [0.15, 0.2) is 11.6 Å². The number of anilines is 3. The molecule has 0 radical (unpaired) electrons. The zero-order chi connectivity index (χ0) is 19.4. The van der Waals surface area contributed by atoms with Gasteiger partial charge in [0.1, 0.15) is 12.0 Å². The average molecular weight is 407 g/mol. The Bertz CT molecular complexity index is 804. The summed E-state index contributed by atoms with van der Waals surface area (Å²) in [7, 11) is 2.75. The van der Waals surface area contributed by atoms with Crippen LogP contribution in [0.1, 0.15) is 35.4 Å². The van der Waals surface area contributed by atoms with Crippen molar-refractivity contribution in [2.75, 3.05) is 41.6 Å². The number of alkyl halides is 1. The van der Waals surface area contributed by atoms with Crippen molar-refractivity contribution in [1.29, 1.82) is 0 Å². The van der Waals surface area contributed by atoms with E-state index in [1.165, 1.54) is 27.9 Å². The van der Waals surface area contributed by atoms with Gasteiger partial charge in [-0.1, -0.05) is 6.07 Å². The Morgan fingerprint density at radius 3 is 2.89 bits per heavy atom. The van der Waals surface area contributed by atoms with Crippen molar-refractivity contribution in [1.82, 2.24) is 9.97 Å². The molecular weight excluding hydrogens is 380 g/mol. The molecule has 1 aliphatic rings. The fourth-order valence-corrected chi connectivity index (χ4v) is 4.70. The summed E-state index contributed by atoms with van der Waals surface area (Å²) in [5.74, 6) is 1.73. The van der Waals surface area contributed by atoms with Gasteiger partial charge < -0.3 is 16.4 Å². The highest BCUT2D eigenvalue weighted by Gasteiger charge is 2.24. The highest BCUT2D eigenvalue weighted by molar-refractivity contribution is 7.99. The van der Waals surface area contributed by atoms with Crippen molar-refractivity contribution in [2.45, 2.75) is 37.0 Å². The number of aryl methyl sites for hydroxylation is 2. The molecule has 0 spiro atoms. The second-order valence-corrected chi connectivity index (χ2v) is 8.45. The number of rotatable bonds is 8. The molecule has 1 aromatic heterocycles. The third-order valence-electron chi connectivity index (χ3n) is 5.03. The van der Waals surface area contributed by atoms with E-state index in [0.717, 1.165) is 32.0 Å². The first-order valence-corrected chi connectivity index (χ1v) is 11.0. The molecule has 0 amide bonds. The van der Waals surface area contributed by atoms with Crippen LogP contribution in [0.3, 0.4) is 0 Å². The third kappa shape index (κ3) is 4.46. The Morgan fingerprint density at radius 2 is 2.15 bits per heavy atom. The van der Waals surface area contributed by atoms with Crippen molar-refractivity contribution < 1.29 is 4.39 Å². The van der Waals surface area contributed by atoms with Gasteiger partial charge in [-0.15, -0.1) is 21.0 Å². The van der Waals surface area contributed by atoms with Gasteiger partial charge in [0.05, 0.1) is 12.6 Å². The van der Waals surface area contributed by atoms with Crippen LogP contribution in [0.2, 0.25) is 0 Å². The van der Waals surface area contributed by atoms with Gasteiger partial charge in [-0.05, 0) is 55.1 Å². The molecule has 2 atom stereocenters. The van der Waals surface area contributed by atoms with Crippen molar-refractivity contribution in [3.05, 3.63) is 35.2 Å². The van der Waals surface area contributed by atoms with Crippen molar-refractivity contribution in [3.8, 4) is 0 Å². The molecule has 1 heterocycles. The van der Waals surface area contributed by atoms with Crippen LogP contribution in [0.4, 0.5) is 21.7 Å². The number of halogens is 1. The molecule has 0 fully saturated rings. The van der Waals surface area contributed by atoms with Crippen LogP contribution in [-0.2, 0) is 6.42 Å². The van der Waals surface area contributed by atoms with E-state index in [1.807, 2.05) is 0 Å². The van der Waals surface area contributed by atoms with Gasteiger partial charge >= 0.3 is 0 Å². The predicted octanol–water partition coefficient (Wildman–Crippen LogP) is 3.77. The van der Waals surface area contributed by atoms with E-state index in [1.54, 1.807) is 11.8 Å². The third-order valence-corrected chi connectivity index (χ3v) is 6.63. The molecule has 27 heavy (non-hydrogen) atoms. The molecule has 2 aromatic rings. The molecule has 0 aliphatic heterocycles. The lowest BCUT2D eigenvalue weighted by atomic mass is 10.0. The van der Waals surface area contributed by atoms with E-state index in [-0.39, 0.29) is 12.6 Å². The van der Waals surface area contributed by atoms with Crippen molar-refractivity contribution in [3.63, 3.8) is 0 Å². The minimum Gasteiger partial charge on any atom is -0.393 e. The summed E-state index contributed by atoms with van der Waals surface area (Å²) in [5, 5.41) is 0. The van der Waals surface area contributed by atoms with Gasteiger partial charge in [-0.25, -0.2) is 9.97 Å². The maximum atomic E-state index is 13.3. The number of nitrogens with zero attached hydrogens (tertiary/aromatic N) is 3. The first kappa shape index (κ1) is 20.2. The fourth-order valence-electron chi connectivity index (χ4n) is 3.47. The summed E-state index contributed by atoms with van der Waals surface area (Å²) in [6.45, 7) is 2.67. The number of nitrogens with two attached hydrogens (primary N) is 2. The second-order valence-electron chi connectivity index (χ2n) is 6.88. The van der Waals surface area contributed by atoms with Gasteiger partial charge in [0.2, 0.25) is 0 Å². The van der Waals surface area contributed by atoms with Crippen LogP contribution in [0.5, 0.6) is 0 Å². The topological polar surface area (TPSA) is 81.1 Å². The van der Waals surface area contributed by atoms with Gasteiger partial charge in [0, 0.05) is 17.4 Å². The van der Waals surface area contributed by atoms with E-state index < -0.39 is 0 Å². The highest BCUT2D eigenvalue weighted by Crippen LogP contribution is 2.38. The van der Waals surface area contributed by atoms with E-state index in [2.05, 4.69) is 43.2 Å². The van der Waals surface area contributed by atoms with E-state index in [0.29, 0.717) is 23.2 Å². The normalized spacial score (nSPS) is 15.7. The molecule has 146 valence electrons. The van der Waals surface area contributed by atoms with Crippen LogP contribution in [-0.4, -0.2) is 35.2 Å². The van der Waals surface area contributed by atoms with E-state index in [9.17, 15) is 4.39 Å². The molecule has 0 saturated heterocycles. The molecule has 4 N–H and O–H groups in total. The summed E-state index contributed by atoms with van der Waals surface area (Å²) in [5.41, 5.74) is 16.1. The Labute approximate surface area is 166 Å². The lowest BCUT2D eigenvalue weighted by molar-refractivity contribution is 0.429. The Morgan fingerprint density at radius 1 is 1.33 bits per heavy atom. The lowest BCUT2D eigenvalue weighted by Gasteiger charge is -2.25. The highest BCUT2D eigenvalue weighted by atomic mass is 32.2. The number of nitrogen functional groups attached to an aromatic ring is 2. The van der Waals surface area contributed by atoms with Crippen LogP contribution in [0, 0.1) is 6.92 Å². The molecule has 5 nitrogen and oxygen atoms in total. The first-order valence-electron chi connectivity index (χ1n) is 9.18. The zero-order valence-corrected chi connectivity index (χ0v) is 17.6. The standard InChI is InChI=1S/C19H27FN5PS/c1-12-7-13-3-4-14(9-20)15(13)8-16(12)27-11-25(5-2-6-26)19-17(21)18(22)23-10-24-19/h7-8,10,14H,2-6,9,11,21,26H2,1H3,(H2,22,23,24). The molecule has 8 heteroatoms. The zero-order valence-electron chi connectivity index (χ0n) is 15.6. The molecule has 0 bridgehead atoms. The van der Waals surface area contributed by atoms with Crippen LogP contribution in [0.25, 0.3) is 0 Å². The van der Waals surface area contributed by atoms with Gasteiger partial charge in [-0.2, -0.15) is 0 Å². The molecule has 0 saturated carbocycles. The molecule has 3 rings (SSSR count). The minimum atomic E-state index is -0.281. The number of hydrogen-bond acceptors (Lipinski definition) is 6. The average Bonchev–Trinajstić information content (AvgIpc) is 3.06. The SMILES string of the molecule is Cc1cc2c(cc1SCN(CCCP)c1ncnc(N)c1N)C(CF)CC2. The maximum absolute atomic E-state index is 13.3. The quantitative estimate of drug-likeness (QED) is 0.394. The van der Waals surface area contributed by atoms with Crippen LogP contribution in [0.15, 0.2) is 23.4 Å². The number of hydrogen-bond donors (Lipinski definition) is 2. The molecule has 2 unspecified atom stereocenters. The summed E-state index contributed by atoms with van der Waals surface area (Å²) in [4.78, 5) is 11.6. The van der Waals surface area contributed by atoms with Gasteiger partial charge in [-0.3, -0.25) is 4.39 Å². The number of thioether (sulfide) groups is 1. The van der Waals surface area contributed by atoms with Crippen molar-refractivity contribution in [2.24, 2.45) is 0 Å². The van der Waals surface area contributed by atoms with E-state index >= 15 is 0 Å². The summed E-state index contributed by atoms with van der Waals surface area (Å²) < 4.78 is 13.3. The minimum absolute atomic E-state index is 0.0467. The second kappa shape index (κ2) is 9.07. The fraction of sp³-hybridized carbons (Fsp3) is 0.474. The number of fused-ring (bicyclic) bond motifs is 1. The predicted molar refractivity (Wildman–Crippen MR) is 116 cm³/mol. The molecular formula is C19H27FN5PS. The Balaban J connectivity index is 1.81. The summed E-state index contributed by atoms with van der Waals surface area (Å²) in [6, 6.07) is 4.40. The maximum Gasteiger partial charge on any atom is 0.158 e. The summed E-state index contributed by atoms with van der Waals surface area (Å²) >= 11 is 1.73. The monoisotopic (exact) mass is 407 g/mol. The molecule has 1 aromatic carbocycles. The number of aromatic nitrogens is 2. The first-order chi connectivity index (χ1) is 13.0. The van der Waals surface area contributed by atoms with Crippen molar-refractivity contribution >= 4 is 38.3 Å². The van der Waals surface area contributed by atoms with Crippen LogP contribution >= 0.6 is 21.0 Å². The van der Waals surface area contributed by atoms with Crippen LogP contribution < -0.4 is 16.4 Å². The Kier molecular flexibility index (Phi) is 6.77. The van der Waals surface area contributed by atoms with Gasteiger partial charge in [0.25, 0.3) is 0 Å². The smallest absolute Gasteiger partial charge is 0.158 e. The Hall–Kier alpha value is -1.59.